The monoisotopic (exact) mass is 516 g/mol. The quantitative estimate of drug-likeness (QED) is 0.279. The number of benzene rings is 1. The van der Waals surface area contributed by atoms with Crippen molar-refractivity contribution in [1.82, 2.24) is 5.32 Å². The van der Waals surface area contributed by atoms with Gasteiger partial charge in [0.15, 0.2) is 0 Å². The Morgan fingerprint density at radius 2 is 1.69 bits per heavy atom. The van der Waals surface area contributed by atoms with E-state index in [-0.39, 0.29) is 5.41 Å². The minimum absolute atomic E-state index is 0.0285. The molecule has 1 amide bonds. The number of fused-ring (bicyclic) bond motifs is 1. The van der Waals surface area contributed by atoms with Crippen LogP contribution in [0.4, 0.5) is 5.00 Å². The number of aryl methyl sites for hydroxylation is 1. The third-order valence-electron chi connectivity index (χ3n) is 5.45. The minimum atomic E-state index is -1.86. The molecule has 3 rings (SSSR count). The van der Waals surface area contributed by atoms with Crippen molar-refractivity contribution in [2.45, 2.75) is 61.8 Å². The van der Waals surface area contributed by atoms with Gasteiger partial charge in [0, 0.05) is 10.4 Å². The van der Waals surface area contributed by atoms with Gasteiger partial charge in [-0.25, -0.2) is 4.79 Å². The summed E-state index contributed by atoms with van der Waals surface area (Å²) < 4.78 is 3.14. The van der Waals surface area contributed by atoms with Gasteiger partial charge < -0.3 is 15.4 Å². The van der Waals surface area contributed by atoms with Crippen LogP contribution in [0.3, 0.4) is 0 Å². The van der Waals surface area contributed by atoms with Crippen molar-refractivity contribution < 1.29 is 14.3 Å². The molecule has 0 aliphatic heterocycles. The van der Waals surface area contributed by atoms with Gasteiger partial charge in [0.05, 0.1) is 12.7 Å². The van der Waals surface area contributed by atoms with E-state index in [1.54, 1.807) is 12.1 Å². The molecule has 0 fully saturated rings. The molecule has 1 aromatic carbocycles. The fraction of sp³-hybridized carbons (Fsp3) is 0.478. The van der Waals surface area contributed by atoms with Crippen molar-refractivity contribution in [1.29, 1.82) is 0 Å². The van der Waals surface area contributed by atoms with Crippen molar-refractivity contribution in [3.8, 4) is 0 Å². The van der Waals surface area contributed by atoms with Crippen molar-refractivity contribution in [3.05, 3.63) is 51.4 Å². The number of esters is 1. The second kappa shape index (κ2) is 9.80. The number of anilines is 1. The minimum Gasteiger partial charge on any atom is -0.465 e. The highest BCUT2D eigenvalue weighted by Gasteiger charge is 2.37. The van der Waals surface area contributed by atoms with E-state index in [0.717, 1.165) is 41.7 Å². The molecule has 1 aliphatic carbocycles. The zero-order valence-electron chi connectivity index (χ0n) is 18.5. The Labute approximate surface area is 207 Å². The first-order chi connectivity index (χ1) is 14.9. The second-order valence-electron chi connectivity index (χ2n) is 8.83. The normalized spacial score (nSPS) is 15.0. The molecule has 2 N–H and O–H groups in total. The number of alkyl halides is 3. The molecule has 1 aromatic heterocycles. The van der Waals surface area contributed by atoms with Gasteiger partial charge in [0.1, 0.15) is 11.2 Å². The lowest BCUT2D eigenvalue weighted by Crippen LogP contribution is -2.49. The number of hydrogen-bond acceptors (Lipinski definition) is 5. The number of methoxy groups -OCH3 is 1. The average Bonchev–Trinajstić information content (AvgIpc) is 3.09. The van der Waals surface area contributed by atoms with Crippen LogP contribution in [0.2, 0.25) is 0 Å². The van der Waals surface area contributed by atoms with Crippen LogP contribution < -0.4 is 10.6 Å². The largest absolute Gasteiger partial charge is 0.465 e. The maximum atomic E-state index is 12.9. The maximum absolute atomic E-state index is 12.9. The topological polar surface area (TPSA) is 67.4 Å². The highest BCUT2D eigenvalue weighted by atomic mass is 35.6. The van der Waals surface area contributed by atoms with Crippen LogP contribution >= 0.6 is 46.1 Å². The van der Waals surface area contributed by atoms with E-state index in [9.17, 15) is 9.59 Å². The summed E-state index contributed by atoms with van der Waals surface area (Å²) >= 11 is 20.0. The first-order valence-electron chi connectivity index (χ1n) is 10.4. The summed E-state index contributed by atoms with van der Waals surface area (Å²) in [5.74, 6) is -0.839. The van der Waals surface area contributed by atoms with E-state index in [0.29, 0.717) is 16.1 Å². The third-order valence-corrected chi connectivity index (χ3v) is 7.33. The standard InChI is InChI=1S/C23H27Cl3N2O3S/c1-22(2,3)14-11-9-13(10-12-14)18(29)27-21(23(24,25)26)28-19-17(20(30)31-4)15-7-5-6-8-16(15)32-19/h9-12,21,28H,5-8H2,1-4H3,(H,27,29)/t21-/m1/s1. The Kier molecular flexibility index (Phi) is 7.70. The second-order valence-corrected chi connectivity index (χ2v) is 12.3. The van der Waals surface area contributed by atoms with Gasteiger partial charge in [-0.3, -0.25) is 4.79 Å². The van der Waals surface area contributed by atoms with Gasteiger partial charge in [-0.2, -0.15) is 0 Å². The summed E-state index contributed by atoms with van der Waals surface area (Å²) in [6, 6.07) is 7.31. The molecule has 0 saturated heterocycles. The fourth-order valence-electron chi connectivity index (χ4n) is 3.65. The Morgan fingerprint density at radius 3 is 2.25 bits per heavy atom. The molecular weight excluding hydrogens is 491 g/mol. The number of rotatable bonds is 5. The lowest BCUT2D eigenvalue weighted by Gasteiger charge is -2.27. The molecule has 1 atom stereocenters. The molecule has 0 saturated carbocycles. The molecule has 5 nitrogen and oxygen atoms in total. The van der Waals surface area contributed by atoms with Gasteiger partial charge in [0.25, 0.3) is 5.91 Å². The lowest BCUT2D eigenvalue weighted by molar-refractivity contribution is 0.0600. The molecule has 1 aliphatic rings. The van der Waals surface area contributed by atoms with E-state index < -0.39 is 21.8 Å². The molecule has 174 valence electrons. The summed E-state index contributed by atoms with van der Waals surface area (Å²) in [7, 11) is 1.34. The average molecular weight is 518 g/mol. The molecular formula is C23H27Cl3N2O3S. The first kappa shape index (κ1) is 25.2. The van der Waals surface area contributed by atoms with Gasteiger partial charge >= 0.3 is 5.97 Å². The number of nitrogens with one attached hydrogen (secondary N) is 2. The molecule has 0 unspecified atom stereocenters. The summed E-state index contributed by atoms with van der Waals surface area (Å²) in [6.07, 6.45) is 2.68. The molecule has 9 heteroatoms. The Bertz CT molecular complexity index is 992. The maximum Gasteiger partial charge on any atom is 0.341 e. The molecule has 32 heavy (non-hydrogen) atoms. The fourth-order valence-corrected chi connectivity index (χ4v) is 5.29. The van der Waals surface area contributed by atoms with Gasteiger partial charge in [-0.1, -0.05) is 67.7 Å². The van der Waals surface area contributed by atoms with Crippen LogP contribution in [0.1, 0.15) is 70.3 Å². The number of amides is 1. The van der Waals surface area contributed by atoms with E-state index >= 15 is 0 Å². The van der Waals surface area contributed by atoms with Crippen LogP contribution in [-0.4, -0.2) is 28.9 Å². The summed E-state index contributed by atoms with van der Waals surface area (Å²) in [5.41, 5.74) is 2.95. The first-order valence-corrected chi connectivity index (χ1v) is 12.3. The van der Waals surface area contributed by atoms with Crippen molar-refractivity contribution in [2.24, 2.45) is 0 Å². The van der Waals surface area contributed by atoms with E-state index in [2.05, 4.69) is 31.4 Å². The zero-order valence-corrected chi connectivity index (χ0v) is 21.6. The van der Waals surface area contributed by atoms with Crippen molar-refractivity contribution >= 4 is 63.0 Å². The third kappa shape index (κ3) is 5.71. The van der Waals surface area contributed by atoms with E-state index in [1.807, 2.05) is 12.1 Å². The molecule has 0 spiro atoms. The number of carbonyl (C=O) groups excluding carboxylic acids is 2. The van der Waals surface area contributed by atoms with Crippen LogP contribution in [0, 0.1) is 0 Å². The van der Waals surface area contributed by atoms with Crippen LogP contribution in [0.5, 0.6) is 0 Å². The zero-order chi connectivity index (χ0) is 23.7. The SMILES string of the molecule is COC(=O)c1c(N[C@@H](NC(=O)c2ccc(C(C)(C)C)cc2)C(Cl)(Cl)Cl)sc2c1CCCC2. The lowest BCUT2D eigenvalue weighted by atomic mass is 9.87. The Morgan fingerprint density at radius 1 is 1.06 bits per heavy atom. The number of carbonyl (C=O) groups is 2. The summed E-state index contributed by atoms with van der Waals surface area (Å²) in [4.78, 5) is 26.5. The predicted octanol–water partition coefficient (Wildman–Crippen LogP) is 6.25. The summed E-state index contributed by atoms with van der Waals surface area (Å²) in [6.45, 7) is 6.30. The van der Waals surface area contributed by atoms with Gasteiger partial charge in [-0.15, -0.1) is 11.3 Å². The van der Waals surface area contributed by atoms with E-state index in [1.165, 1.54) is 18.4 Å². The van der Waals surface area contributed by atoms with Crippen LogP contribution in [-0.2, 0) is 23.0 Å². The smallest absolute Gasteiger partial charge is 0.341 e. The molecule has 1 heterocycles. The number of halogens is 3. The number of hydrogen-bond donors (Lipinski definition) is 2. The van der Waals surface area contributed by atoms with Gasteiger partial charge in [-0.05, 0) is 54.4 Å². The van der Waals surface area contributed by atoms with Crippen LogP contribution in [0.15, 0.2) is 24.3 Å². The summed E-state index contributed by atoms with van der Waals surface area (Å²) in [5, 5.41) is 6.37. The van der Waals surface area contributed by atoms with Crippen LogP contribution in [0.25, 0.3) is 0 Å². The molecule has 2 aromatic rings. The highest BCUT2D eigenvalue weighted by molar-refractivity contribution is 7.16. The molecule has 0 bridgehead atoms. The van der Waals surface area contributed by atoms with Crippen molar-refractivity contribution in [3.63, 3.8) is 0 Å². The number of ether oxygens (including phenoxy) is 1. The number of thiophene rings is 1. The Hall–Kier alpha value is -1.47. The van der Waals surface area contributed by atoms with Gasteiger partial charge in [0.2, 0.25) is 3.79 Å². The molecule has 0 radical (unpaired) electrons. The van der Waals surface area contributed by atoms with Crippen molar-refractivity contribution in [2.75, 3.05) is 12.4 Å². The predicted molar refractivity (Wildman–Crippen MR) is 133 cm³/mol. The van der Waals surface area contributed by atoms with E-state index in [4.69, 9.17) is 39.5 Å². The Balaban J connectivity index is 1.86. The highest BCUT2D eigenvalue weighted by Crippen LogP contribution is 2.40.